The number of carboxylic acids is 1. The Morgan fingerprint density at radius 3 is 2.51 bits per heavy atom. The highest BCUT2D eigenvalue weighted by Crippen LogP contribution is 2.34. The lowest BCUT2D eigenvalue weighted by Crippen LogP contribution is -2.46. The van der Waals surface area contributed by atoms with Crippen LogP contribution in [0.2, 0.25) is 0 Å². The van der Waals surface area contributed by atoms with E-state index in [0.29, 0.717) is 19.0 Å². The summed E-state index contributed by atoms with van der Waals surface area (Å²) >= 11 is 1.60. The monoisotopic (exact) mass is 498 g/mol. The summed E-state index contributed by atoms with van der Waals surface area (Å²) in [6, 6.07) is 9.24. The molecule has 184 valence electrons. The summed E-state index contributed by atoms with van der Waals surface area (Å²) in [5.41, 5.74) is 0.644. The molecule has 11 nitrogen and oxygen atoms in total. The van der Waals surface area contributed by atoms with Gasteiger partial charge in [-0.1, -0.05) is 0 Å². The van der Waals surface area contributed by atoms with Crippen LogP contribution in [-0.2, 0) is 14.4 Å². The molecule has 0 bridgehead atoms. The van der Waals surface area contributed by atoms with Crippen molar-refractivity contribution in [1.82, 2.24) is 20.2 Å². The van der Waals surface area contributed by atoms with Gasteiger partial charge in [0, 0.05) is 43.5 Å². The van der Waals surface area contributed by atoms with Crippen LogP contribution in [0.1, 0.15) is 27.7 Å². The van der Waals surface area contributed by atoms with E-state index in [4.69, 9.17) is 9.90 Å². The van der Waals surface area contributed by atoms with E-state index in [1.807, 2.05) is 30.3 Å². The number of carbonyl (C=O) groups excluding carboxylic acids is 3. The number of benzene rings is 1. The second-order valence-electron chi connectivity index (χ2n) is 8.23. The summed E-state index contributed by atoms with van der Waals surface area (Å²) in [5.74, 6) is -0.805. The molecule has 2 aromatic heterocycles. The smallest absolute Gasteiger partial charge is 0.325 e. The third-order valence-corrected chi connectivity index (χ3v) is 6.20. The number of nitrogens with zero attached hydrogens (tertiary/aromatic N) is 3. The molecule has 1 saturated heterocycles. The summed E-state index contributed by atoms with van der Waals surface area (Å²) < 4.78 is 1.09. The largest absolute Gasteiger partial charge is 0.481 e. The highest BCUT2D eigenvalue weighted by molar-refractivity contribution is 7.22. The fourth-order valence-electron chi connectivity index (χ4n) is 3.39. The lowest BCUT2D eigenvalue weighted by Gasteiger charge is -2.27. The third-order valence-electron chi connectivity index (χ3n) is 5.06. The van der Waals surface area contributed by atoms with Crippen LogP contribution in [0.15, 0.2) is 36.5 Å². The number of anilines is 2. The standard InChI is InChI=1S/C21H22N6O3S.C2H4O2/c1-12(28)24-14-4-5-16-13(10-14)11-17(31-16)15-6-7-22-19(25-15)23-8-9-27-20(30)26-18(29)21(27,2)3;1-2(3)4/h4-7,10-11H,8-9H2,1-3H3,(H,24,28)(H,22,23,25)(H,26,29,30);1H3,(H,3,4). The molecule has 0 saturated carbocycles. The van der Waals surface area contributed by atoms with Gasteiger partial charge in [-0.25, -0.2) is 14.8 Å². The van der Waals surface area contributed by atoms with E-state index in [9.17, 15) is 14.4 Å². The Hall–Kier alpha value is -4.06. The summed E-state index contributed by atoms with van der Waals surface area (Å²) in [4.78, 5) is 55.4. The molecule has 3 heterocycles. The van der Waals surface area contributed by atoms with Crippen LogP contribution in [0.3, 0.4) is 0 Å². The predicted molar refractivity (Wildman–Crippen MR) is 133 cm³/mol. The summed E-state index contributed by atoms with van der Waals surface area (Å²) in [5, 5.41) is 16.7. The molecule has 0 unspecified atom stereocenters. The predicted octanol–water partition coefficient (Wildman–Crippen LogP) is 3.15. The van der Waals surface area contributed by atoms with E-state index in [-0.39, 0.29) is 11.8 Å². The second kappa shape index (κ2) is 10.5. The van der Waals surface area contributed by atoms with E-state index in [1.54, 1.807) is 31.4 Å². The normalized spacial score (nSPS) is 14.2. The Labute approximate surface area is 205 Å². The molecule has 0 spiro atoms. The van der Waals surface area contributed by atoms with Gasteiger partial charge in [0.1, 0.15) is 5.54 Å². The van der Waals surface area contributed by atoms with Crippen LogP contribution in [0.25, 0.3) is 20.7 Å². The van der Waals surface area contributed by atoms with Crippen LogP contribution < -0.4 is 16.0 Å². The van der Waals surface area contributed by atoms with Gasteiger partial charge in [-0.2, -0.15) is 0 Å². The molecule has 35 heavy (non-hydrogen) atoms. The SMILES string of the molecule is CC(=O)Nc1ccc2sc(-c3ccnc(NCCN4C(=O)NC(=O)C4(C)C)n3)cc2c1.CC(=O)O. The third kappa shape index (κ3) is 6.29. The number of carbonyl (C=O) groups is 4. The van der Waals surface area contributed by atoms with Gasteiger partial charge in [0.15, 0.2) is 0 Å². The van der Waals surface area contributed by atoms with Gasteiger partial charge in [-0.15, -0.1) is 11.3 Å². The maximum Gasteiger partial charge on any atom is 0.325 e. The van der Waals surface area contributed by atoms with Gasteiger partial charge < -0.3 is 20.6 Å². The molecular formula is C23H26N6O5S. The fraction of sp³-hybridized carbons (Fsp3) is 0.304. The minimum atomic E-state index is -0.880. The second-order valence-corrected chi connectivity index (χ2v) is 9.31. The van der Waals surface area contributed by atoms with Crippen molar-refractivity contribution in [3.05, 3.63) is 36.5 Å². The lowest BCUT2D eigenvalue weighted by atomic mass is 10.0. The molecule has 4 amide bonds. The minimum absolute atomic E-state index is 0.111. The highest BCUT2D eigenvalue weighted by Gasteiger charge is 2.44. The number of urea groups is 1. The van der Waals surface area contributed by atoms with Crippen molar-refractivity contribution < 1.29 is 24.3 Å². The zero-order valence-corrected chi connectivity index (χ0v) is 20.5. The first-order chi connectivity index (χ1) is 16.5. The number of nitrogens with one attached hydrogen (secondary N) is 3. The molecule has 4 N–H and O–H groups in total. The van der Waals surface area contributed by atoms with Crippen molar-refractivity contribution in [3.63, 3.8) is 0 Å². The van der Waals surface area contributed by atoms with Crippen LogP contribution >= 0.6 is 11.3 Å². The average Bonchev–Trinajstić information content (AvgIpc) is 3.26. The zero-order valence-electron chi connectivity index (χ0n) is 19.7. The van der Waals surface area contributed by atoms with Gasteiger partial charge >= 0.3 is 6.03 Å². The number of rotatable bonds is 6. The highest BCUT2D eigenvalue weighted by atomic mass is 32.1. The van der Waals surface area contributed by atoms with E-state index in [2.05, 4.69) is 25.9 Å². The van der Waals surface area contributed by atoms with Crippen LogP contribution in [0.4, 0.5) is 16.4 Å². The number of imide groups is 1. The number of fused-ring (bicyclic) bond motifs is 1. The number of aliphatic carboxylic acids is 1. The van der Waals surface area contributed by atoms with Crippen LogP contribution in [0.5, 0.6) is 0 Å². The zero-order chi connectivity index (χ0) is 25.8. The molecule has 1 fully saturated rings. The Kier molecular flexibility index (Phi) is 7.65. The van der Waals surface area contributed by atoms with Gasteiger partial charge in [0.25, 0.3) is 11.9 Å². The molecule has 12 heteroatoms. The van der Waals surface area contributed by atoms with Gasteiger partial charge in [-0.3, -0.25) is 19.7 Å². The summed E-state index contributed by atoms with van der Waals surface area (Å²) in [6.07, 6.45) is 1.67. The molecule has 3 aromatic rings. The molecule has 1 aromatic carbocycles. The maximum absolute atomic E-state index is 12.0. The van der Waals surface area contributed by atoms with E-state index in [1.165, 1.54) is 11.8 Å². The van der Waals surface area contributed by atoms with Crippen molar-refractivity contribution in [2.24, 2.45) is 0 Å². The average molecular weight is 499 g/mol. The van der Waals surface area contributed by atoms with E-state index >= 15 is 0 Å². The Morgan fingerprint density at radius 2 is 1.89 bits per heavy atom. The number of aromatic nitrogens is 2. The number of hydrogen-bond donors (Lipinski definition) is 4. The van der Waals surface area contributed by atoms with Crippen molar-refractivity contribution >= 4 is 56.9 Å². The first-order valence-corrected chi connectivity index (χ1v) is 11.5. The molecule has 0 radical (unpaired) electrons. The Balaban J connectivity index is 0.000000795. The maximum atomic E-state index is 12.0. The summed E-state index contributed by atoms with van der Waals surface area (Å²) in [6.45, 7) is 6.73. The topological polar surface area (TPSA) is 154 Å². The first kappa shape index (κ1) is 25.6. The van der Waals surface area contributed by atoms with Crippen molar-refractivity contribution in [2.75, 3.05) is 23.7 Å². The molecule has 4 rings (SSSR count). The van der Waals surface area contributed by atoms with Crippen molar-refractivity contribution in [3.8, 4) is 10.6 Å². The molecule has 1 aliphatic heterocycles. The number of carboxylic acid groups (broad SMARTS) is 1. The van der Waals surface area contributed by atoms with E-state index in [0.717, 1.165) is 33.3 Å². The molecule has 0 atom stereocenters. The quantitative estimate of drug-likeness (QED) is 0.378. The van der Waals surface area contributed by atoms with Crippen molar-refractivity contribution in [2.45, 2.75) is 33.2 Å². The summed E-state index contributed by atoms with van der Waals surface area (Å²) in [7, 11) is 0. The Bertz CT molecular complexity index is 1280. The lowest BCUT2D eigenvalue weighted by molar-refractivity contribution is -0.134. The molecule has 1 aliphatic rings. The van der Waals surface area contributed by atoms with Gasteiger partial charge in [0.2, 0.25) is 11.9 Å². The van der Waals surface area contributed by atoms with Gasteiger partial charge in [0.05, 0.1) is 10.6 Å². The molecule has 0 aliphatic carbocycles. The van der Waals surface area contributed by atoms with Crippen molar-refractivity contribution in [1.29, 1.82) is 0 Å². The van der Waals surface area contributed by atoms with E-state index < -0.39 is 17.5 Å². The fourth-order valence-corrected chi connectivity index (χ4v) is 4.40. The number of thiophene rings is 1. The van der Waals surface area contributed by atoms with Crippen LogP contribution in [-0.4, -0.2) is 62.4 Å². The van der Waals surface area contributed by atoms with Gasteiger partial charge in [-0.05, 0) is 49.6 Å². The first-order valence-electron chi connectivity index (χ1n) is 10.7. The molecular weight excluding hydrogens is 472 g/mol. The number of amides is 4. The number of hydrogen-bond acceptors (Lipinski definition) is 8. The Morgan fingerprint density at radius 1 is 1.17 bits per heavy atom. The van der Waals surface area contributed by atoms with Crippen LogP contribution in [0, 0.1) is 0 Å². The minimum Gasteiger partial charge on any atom is -0.481 e.